The maximum atomic E-state index is 14.2. The van der Waals surface area contributed by atoms with Crippen LogP contribution in [0.2, 0.25) is 0 Å². The van der Waals surface area contributed by atoms with Crippen molar-refractivity contribution in [2.45, 2.75) is 61.9 Å². The molecule has 0 radical (unpaired) electrons. The molecule has 6 nitrogen and oxygen atoms in total. The average molecular weight is 602 g/mol. The van der Waals surface area contributed by atoms with Gasteiger partial charge in [-0.1, -0.05) is 56.0 Å². The number of carbonyl (C=O) groups excluding carboxylic acids is 2. The molecule has 1 saturated heterocycles. The smallest absolute Gasteiger partial charge is 0.252 e. The van der Waals surface area contributed by atoms with Crippen LogP contribution in [0.25, 0.3) is 10.8 Å². The molecule has 1 aliphatic carbocycles. The van der Waals surface area contributed by atoms with Gasteiger partial charge in [0.15, 0.2) is 0 Å². The van der Waals surface area contributed by atoms with Gasteiger partial charge in [-0.15, -0.1) is 0 Å². The second-order valence-electron chi connectivity index (χ2n) is 9.25. The fraction of sp³-hybridized carbons (Fsp3) is 0.333. The van der Waals surface area contributed by atoms with E-state index in [4.69, 9.17) is 0 Å². The highest BCUT2D eigenvalue weighted by molar-refractivity contribution is 14.1. The average Bonchev–Trinajstić information content (AvgIpc) is 3.01. The number of nitrogens with zero attached hydrogens (tertiary/aromatic N) is 2. The molecule has 3 aromatic rings. The normalized spacial score (nSPS) is 20.1. The topological polar surface area (TPSA) is 74.8 Å². The highest BCUT2D eigenvalue weighted by Crippen LogP contribution is 2.35. The minimum Gasteiger partial charge on any atom is -0.274 e. The van der Waals surface area contributed by atoms with Crippen molar-refractivity contribution in [3.05, 3.63) is 70.3 Å². The summed E-state index contributed by atoms with van der Waals surface area (Å²) in [5.74, 6) is -0.835. The number of anilines is 1. The van der Waals surface area contributed by atoms with E-state index in [1.807, 2.05) is 36.4 Å². The van der Waals surface area contributed by atoms with Gasteiger partial charge in [0, 0.05) is 9.61 Å². The summed E-state index contributed by atoms with van der Waals surface area (Å²) in [6, 6.07) is 18.5. The third kappa shape index (κ3) is 4.75. The molecule has 0 N–H and O–H groups in total. The van der Waals surface area contributed by atoms with Gasteiger partial charge in [-0.3, -0.25) is 9.59 Å². The number of imide groups is 1. The molecule has 0 spiro atoms. The van der Waals surface area contributed by atoms with E-state index in [0.29, 0.717) is 18.5 Å². The van der Waals surface area contributed by atoms with E-state index in [-0.39, 0.29) is 23.3 Å². The van der Waals surface area contributed by atoms with Gasteiger partial charge in [0.2, 0.25) is 15.9 Å². The lowest BCUT2D eigenvalue weighted by Crippen LogP contribution is -2.50. The van der Waals surface area contributed by atoms with E-state index in [2.05, 4.69) is 22.6 Å². The zero-order chi connectivity index (χ0) is 24.6. The largest absolute Gasteiger partial charge is 0.274 e. The quantitative estimate of drug-likeness (QED) is 0.220. The van der Waals surface area contributed by atoms with E-state index >= 15 is 0 Å². The Morgan fingerprint density at radius 2 is 1.49 bits per heavy atom. The van der Waals surface area contributed by atoms with Crippen molar-refractivity contribution in [2.24, 2.45) is 0 Å². The first-order valence-corrected chi connectivity index (χ1v) is 14.5. The minimum absolute atomic E-state index is 0.145. The third-order valence-electron chi connectivity index (χ3n) is 7.00. The molecule has 1 aliphatic heterocycles. The summed E-state index contributed by atoms with van der Waals surface area (Å²) in [5.41, 5.74) is 0.479. The molecular weight excluding hydrogens is 575 g/mol. The number of amides is 2. The summed E-state index contributed by atoms with van der Waals surface area (Å²) >= 11 is 2.16. The lowest BCUT2D eigenvalue weighted by atomic mass is 10.1. The van der Waals surface area contributed by atoms with Crippen LogP contribution in [-0.4, -0.2) is 36.6 Å². The van der Waals surface area contributed by atoms with Crippen LogP contribution in [0.5, 0.6) is 0 Å². The standard InChI is InChI=1S/C27H27IN2O4S/c28-21-12-14-22(15-13-21)29-26(31)18-25(27(29)32)30(23-9-3-1-2-4-10-23)35(33,34)24-16-11-19-7-5-6-8-20(19)17-24/h5-8,11-17,23,25H,1-4,9-10,18H2. The first-order chi connectivity index (χ1) is 16.9. The van der Waals surface area contributed by atoms with Crippen molar-refractivity contribution in [3.8, 4) is 0 Å². The van der Waals surface area contributed by atoms with E-state index in [9.17, 15) is 18.0 Å². The lowest BCUT2D eigenvalue weighted by Gasteiger charge is -2.34. The van der Waals surface area contributed by atoms with Gasteiger partial charge in [-0.25, -0.2) is 13.3 Å². The van der Waals surface area contributed by atoms with Crippen LogP contribution in [0.4, 0.5) is 5.69 Å². The highest BCUT2D eigenvalue weighted by Gasteiger charge is 2.49. The summed E-state index contributed by atoms with van der Waals surface area (Å²) in [7, 11) is -4.03. The van der Waals surface area contributed by atoms with Gasteiger partial charge >= 0.3 is 0 Å². The number of hydrogen-bond acceptors (Lipinski definition) is 4. The molecule has 182 valence electrons. The predicted molar refractivity (Wildman–Crippen MR) is 145 cm³/mol. The molecule has 1 heterocycles. The molecule has 2 amide bonds. The van der Waals surface area contributed by atoms with Crippen LogP contribution < -0.4 is 4.90 Å². The molecule has 2 aliphatic rings. The Kier molecular flexibility index (Phi) is 6.96. The van der Waals surface area contributed by atoms with Crippen LogP contribution in [0.3, 0.4) is 0 Å². The van der Waals surface area contributed by atoms with Crippen LogP contribution in [-0.2, 0) is 19.6 Å². The Bertz CT molecular complexity index is 1370. The minimum atomic E-state index is -4.03. The van der Waals surface area contributed by atoms with Gasteiger partial charge in [0.25, 0.3) is 5.91 Å². The third-order valence-corrected chi connectivity index (χ3v) is 9.67. The molecule has 3 aromatic carbocycles. The molecule has 0 bridgehead atoms. The van der Waals surface area contributed by atoms with Crippen molar-refractivity contribution >= 4 is 60.9 Å². The lowest BCUT2D eigenvalue weighted by molar-refractivity contribution is -0.122. The van der Waals surface area contributed by atoms with Crippen molar-refractivity contribution in [3.63, 3.8) is 0 Å². The number of carbonyl (C=O) groups is 2. The van der Waals surface area contributed by atoms with Gasteiger partial charge < -0.3 is 0 Å². The van der Waals surface area contributed by atoms with Crippen LogP contribution in [0.15, 0.2) is 71.6 Å². The predicted octanol–water partition coefficient (Wildman–Crippen LogP) is 5.49. The first kappa shape index (κ1) is 24.4. The SMILES string of the molecule is O=C1CC(N(C2CCCCCC2)S(=O)(=O)c2ccc3ccccc3c2)C(=O)N1c1ccc(I)cc1. The fourth-order valence-electron chi connectivity index (χ4n) is 5.26. The Morgan fingerprint density at radius 3 is 2.17 bits per heavy atom. The first-order valence-electron chi connectivity index (χ1n) is 12.0. The molecule has 0 aromatic heterocycles. The summed E-state index contributed by atoms with van der Waals surface area (Å²) in [4.78, 5) is 28.0. The van der Waals surface area contributed by atoms with Gasteiger partial charge in [0.1, 0.15) is 6.04 Å². The monoisotopic (exact) mass is 602 g/mol. The second-order valence-corrected chi connectivity index (χ2v) is 12.3. The number of benzene rings is 3. The van der Waals surface area contributed by atoms with E-state index in [0.717, 1.165) is 44.9 Å². The Labute approximate surface area is 219 Å². The molecule has 5 rings (SSSR count). The van der Waals surface area contributed by atoms with Crippen LogP contribution >= 0.6 is 22.6 Å². The summed E-state index contributed by atoms with van der Waals surface area (Å²) in [6.45, 7) is 0. The number of hydrogen-bond donors (Lipinski definition) is 0. The Morgan fingerprint density at radius 1 is 0.829 bits per heavy atom. The molecule has 35 heavy (non-hydrogen) atoms. The molecule has 1 unspecified atom stereocenters. The summed E-state index contributed by atoms with van der Waals surface area (Å²) in [5, 5.41) is 1.77. The van der Waals surface area contributed by atoms with Crippen LogP contribution in [0.1, 0.15) is 44.9 Å². The van der Waals surface area contributed by atoms with E-state index in [1.165, 1.54) is 4.31 Å². The second kappa shape index (κ2) is 9.99. The number of halogens is 1. The van der Waals surface area contributed by atoms with Gasteiger partial charge in [-0.05, 0) is 82.6 Å². The van der Waals surface area contributed by atoms with Gasteiger partial charge in [-0.2, -0.15) is 4.31 Å². The molecule has 1 atom stereocenters. The van der Waals surface area contributed by atoms with Crippen molar-refractivity contribution in [2.75, 3.05) is 4.90 Å². The number of fused-ring (bicyclic) bond motifs is 1. The molecule has 2 fully saturated rings. The Balaban J connectivity index is 1.57. The fourth-order valence-corrected chi connectivity index (χ4v) is 7.48. The molecular formula is C27H27IN2O4S. The van der Waals surface area contributed by atoms with E-state index < -0.39 is 22.0 Å². The van der Waals surface area contributed by atoms with Crippen molar-refractivity contribution in [1.82, 2.24) is 4.31 Å². The zero-order valence-corrected chi connectivity index (χ0v) is 22.2. The summed E-state index contributed by atoms with van der Waals surface area (Å²) < 4.78 is 30.7. The van der Waals surface area contributed by atoms with E-state index in [1.54, 1.807) is 30.3 Å². The Hall–Kier alpha value is -2.30. The maximum Gasteiger partial charge on any atom is 0.252 e. The number of sulfonamides is 1. The van der Waals surface area contributed by atoms with Crippen LogP contribution in [0, 0.1) is 3.57 Å². The zero-order valence-electron chi connectivity index (χ0n) is 19.3. The molecule has 1 saturated carbocycles. The van der Waals surface area contributed by atoms with Crippen molar-refractivity contribution in [1.29, 1.82) is 0 Å². The van der Waals surface area contributed by atoms with Gasteiger partial charge in [0.05, 0.1) is 17.0 Å². The number of rotatable bonds is 5. The maximum absolute atomic E-state index is 14.2. The highest BCUT2D eigenvalue weighted by atomic mass is 127. The summed E-state index contributed by atoms with van der Waals surface area (Å²) in [6.07, 6.45) is 5.14. The van der Waals surface area contributed by atoms with Crippen molar-refractivity contribution < 1.29 is 18.0 Å². The molecule has 8 heteroatoms.